The minimum Gasteiger partial charge on any atom is -0.497 e. The number of carbonyl (C=O) groups is 4. The van der Waals surface area contributed by atoms with Gasteiger partial charge in [-0.3, -0.25) is 34.8 Å². The van der Waals surface area contributed by atoms with Crippen LogP contribution in [0.4, 0.5) is 12.0 Å². The maximum absolute atomic E-state index is 13.4. The molecule has 0 radical (unpaired) electrons. The summed E-state index contributed by atoms with van der Waals surface area (Å²) in [6.45, 7) is 2.80. The first-order chi connectivity index (χ1) is 34.5. The number of ether oxygens (including phenoxy) is 2. The van der Waals surface area contributed by atoms with Crippen LogP contribution in [0.25, 0.3) is 44.5 Å². The average Bonchev–Trinajstić information content (AvgIpc) is 4.21. The molecule has 2 amide bonds. The van der Waals surface area contributed by atoms with E-state index in [0.717, 1.165) is 27.7 Å². The van der Waals surface area contributed by atoms with Gasteiger partial charge in [-0.25, -0.2) is 0 Å². The minimum atomic E-state index is -0.860. The lowest BCUT2D eigenvalue weighted by atomic mass is 10.1. The molecule has 0 saturated heterocycles. The number of amides is 2. The van der Waals surface area contributed by atoms with E-state index in [1.54, 1.807) is 50.9 Å². The molecule has 0 aliphatic carbocycles. The van der Waals surface area contributed by atoms with Crippen molar-refractivity contribution < 1.29 is 37.5 Å². The molecule has 0 aliphatic heterocycles. The van der Waals surface area contributed by atoms with E-state index >= 15 is 0 Å². The zero-order chi connectivity index (χ0) is 49.6. The molecule has 2 N–H and O–H groups in total. The highest BCUT2D eigenvalue weighted by Gasteiger charge is 2.28. The fraction of sp³-hybridized carbons (Fsp3) is 0.0926. The van der Waals surface area contributed by atoms with Gasteiger partial charge < -0.3 is 27.4 Å². The second kappa shape index (κ2) is 20.8. The molecule has 5 aromatic carbocycles. The number of oxazole rings is 2. The summed E-state index contributed by atoms with van der Waals surface area (Å²) in [5.41, 5.74) is 7.19. The van der Waals surface area contributed by atoms with Crippen LogP contribution in [0.5, 0.6) is 11.5 Å². The number of aromatic nitrogens is 5. The van der Waals surface area contributed by atoms with Crippen molar-refractivity contribution in [2.45, 2.75) is 20.0 Å². The lowest BCUT2D eigenvalue weighted by molar-refractivity contribution is -0.113. The van der Waals surface area contributed by atoms with Crippen LogP contribution in [0, 0.1) is 6.92 Å². The third-order valence-electron chi connectivity index (χ3n) is 11.5. The lowest BCUT2D eigenvalue weighted by Crippen LogP contribution is -2.23. The van der Waals surface area contributed by atoms with Gasteiger partial charge in [0.1, 0.15) is 35.4 Å². The number of hydrogen-bond acceptors (Lipinski definition) is 11. The number of fused-ring (bicyclic) bond motifs is 2. The number of hydrogen-bond donors (Lipinski definition) is 2. The molecular formula is C54H41Cl2N7O8. The van der Waals surface area contributed by atoms with Gasteiger partial charge in [0.25, 0.3) is 23.4 Å². The van der Waals surface area contributed by atoms with Crippen molar-refractivity contribution >= 4 is 80.4 Å². The van der Waals surface area contributed by atoms with Crippen LogP contribution in [-0.4, -0.2) is 61.7 Å². The molecule has 71 heavy (non-hydrogen) atoms. The molecule has 0 aliphatic rings. The van der Waals surface area contributed by atoms with E-state index in [0.29, 0.717) is 68.2 Å². The van der Waals surface area contributed by atoms with E-state index in [2.05, 4.69) is 25.6 Å². The van der Waals surface area contributed by atoms with E-state index in [9.17, 15) is 19.2 Å². The number of Topliss-reactive ketones (excluding diaryl/α,β-unsaturated/α-hetero) is 2. The molecule has 17 heteroatoms. The lowest BCUT2D eigenvalue weighted by Gasteiger charge is -2.09. The number of carbonyl (C=O) groups excluding carboxylic acids is 4. The Morgan fingerprint density at radius 2 is 1.17 bits per heavy atom. The molecule has 5 aromatic heterocycles. The number of methoxy groups -OCH3 is 2. The highest BCUT2D eigenvalue weighted by atomic mass is 35.5. The van der Waals surface area contributed by atoms with E-state index < -0.39 is 23.4 Å². The predicted octanol–water partition coefficient (Wildman–Crippen LogP) is 11.4. The molecule has 354 valence electrons. The second-order valence-electron chi connectivity index (χ2n) is 16.0. The monoisotopic (exact) mass is 985 g/mol. The highest BCUT2D eigenvalue weighted by Crippen LogP contribution is 2.32. The standard InChI is InChI=1S/C27H21ClN4O4.C27H20ClN3O4/c1-16-24(25(33)26(34)31-27-30-22(15-36-27)21-5-3-4-12-29-21)20-13-19(35-2)10-11-23(20)32(16)14-17-6-8-18(28)9-7-17;1-34-20-11-12-24-21(13-20)22(15-31(24)14-17-7-9-19(28)10-8-17)25(32)26(33)30-27-29-23(16-35-27)18-5-3-2-4-6-18/h3-13,15H,14H2,1-2H3,(H,30,31,34);2-13,15-16H,14H2,1H3,(H,29,30,33). The van der Waals surface area contributed by atoms with Crippen LogP contribution in [0.3, 0.4) is 0 Å². The van der Waals surface area contributed by atoms with Crippen LogP contribution in [0.2, 0.25) is 10.0 Å². The predicted molar refractivity (Wildman–Crippen MR) is 270 cm³/mol. The Morgan fingerprint density at radius 3 is 1.79 bits per heavy atom. The zero-order valence-corrected chi connectivity index (χ0v) is 39.7. The second-order valence-corrected chi connectivity index (χ2v) is 16.8. The van der Waals surface area contributed by atoms with Crippen molar-refractivity contribution in [3.05, 3.63) is 196 Å². The number of nitrogens with one attached hydrogen (secondary N) is 2. The number of halogens is 2. The van der Waals surface area contributed by atoms with Gasteiger partial charge in [-0.15, -0.1) is 0 Å². The molecule has 0 fully saturated rings. The van der Waals surface area contributed by atoms with Crippen molar-refractivity contribution in [1.82, 2.24) is 24.1 Å². The van der Waals surface area contributed by atoms with Gasteiger partial charge in [-0.05, 0) is 90.8 Å². The van der Waals surface area contributed by atoms with Gasteiger partial charge in [0.15, 0.2) is 0 Å². The molecule has 10 rings (SSSR count). The fourth-order valence-electron chi connectivity index (χ4n) is 7.93. The summed E-state index contributed by atoms with van der Waals surface area (Å²) in [4.78, 5) is 65.1. The Morgan fingerprint density at radius 1 is 0.606 bits per heavy atom. The minimum absolute atomic E-state index is 0.0512. The van der Waals surface area contributed by atoms with E-state index in [-0.39, 0.29) is 23.2 Å². The molecule has 0 bridgehead atoms. The van der Waals surface area contributed by atoms with Crippen molar-refractivity contribution in [1.29, 1.82) is 0 Å². The quantitative estimate of drug-likeness (QED) is 0.0780. The van der Waals surface area contributed by atoms with Crippen LogP contribution < -0.4 is 20.1 Å². The highest BCUT2D eigenvalue weighted by molar-refractivity contribution is 6.49. The molecule has 0 saturated carbocycles. The van der Waals surface area contributed by atoms with Crippen LogP contribution in [0.1, 0.15) is 37.5 Å². The number of benzene rings is 5. The van der Waals surface area contributed by atoms with Crippen molar-refractivity contribution in [3.63, 3.8) is 0 Å². The number of pyridine rings is 1. The van der Waals surface area contributed by atoms with Crippen molar-refractivity contribution in [3.8, 4) is 34.1 Å². The zero-order valence-electron chi connectivity index (χ0n) is 38.2. The average molecular weight is 987 g/mol. The van der Waals surface area contributed by atoms with Gasteiger partial charge in [-0.1, -0.05) is 83.9 Å². The van der Waals surface area contributed by atoms with E-state index in [1.165, 1.54) is 12.5 Å². The van der Waals surface area contributed by atoms with Gasteiger partial charge >= 0.3 is 12.0 Å². The molecular weight excluding hydrogens is 946 g/mol. The largest absolute Gasteiger partial charge is 0.497 e. The fourth-order valence-corrected chi connectivity index (χ4v) is 8.18. The molecule has 5 heterocycles. The Bertz CT molecular complexity index is 3570. The maximum atomic E-state index is 13.4. The molecule has 15 nitrogen and oxygen atoms in total. The van der Waals surface area contributed by atoms with Gasteiger partial charge in [0.2, 0.25) is 0 Å². The number of anilines is 2. The summed E-state index contributed by atoms with van der Waals surface area (Å²) in [5, 5.41) is 7.44. The Kier molecular flexibility index (Phi) is 13.9. The summed E-state index contributed by atoms with van der Waals surface area (Å²) in [6.07, 6.45) is 6.10. The number of nitrogens with zero attached hydrogens (tertiary/aromatic N) is 5. The smallest absolute Gasteiger partial charge is 0.302 e. The molecule has 0 atom stereocenters. The first-order valence-electron chi connectivity index (χ1n) is 21.9. The topological polar surface area (TPSA) is 186 Å². The molecule has 0 spiro atoms. The summed E-state index contributed by atoms with van der Waals surface area (Å²) < 4.78 is 25.3. The number of ketones is 2. The first kappa shape index (κ1) is 47.3. The van der Waals surface area contributed by atoms with Crippen LogP contribution in [0.15, 0.2) is 167 Å². The summed E-state index contributed by atoms with van der Waals surface area (Å²) in [7, 11) is 3.10. The summed E-state index contributed by atoms with van der Waals surface area (Å²) in [6, 6.07) is 40.4. The normalized spacial score (nSPS) is 10.9. The molecule has 0 unspecified atom stereocenters. The van der Waals surface area contributed by atoms with Crippen LogP contribution >= 0.6 is 23.2 Å². The Hall–Kier alpha value is -8.79. The van der Waals surface area contributed by atoms with Gasteiger partial charge in [-0.2, -0.15) is 9.97 Å². The van der Waals surface area contributed by atoms with Gasteiger partial charge in [0.05, 0.1) is 31.0 Å². The van der Waals surface area contributed by atoms with Crippen molar-refractivity contribution in [2.24, 2.45) is 0 Å². The third-order valence-corrected chi connectivity index (χ3v) is 12.0. The maximum Gasteiger partial charge on any atom is 0.302 e. The molecule has 10 aromatic rings. The van der Waals surface area contributed by atoms with E-state index in [1.807, 2.05) is 125 Å². The summed E-state index contributed by atoms with van der Waals surface area (Å²) in [5.74, 6) is -1.97. The summed E-state index contributed by atoms with van der Waals surface area (Å²) >= 11 is 12.0. The van der Waals surface area contributed by atoms with Crippen molar-refractivity contribution in [2.75, 3.05) is 24.9 Å². The number of rotatable bonds is 14. The van der Waals surface area contributed by atoms with E-state index in [4.69, 9.17) is 41.5 Å². The SMILES string of the molecule is COc1ccc2c(c1)c(C(=O)C(=O)Nc1nc(-c3ccccc3)co1)cn2Cc1ccc(Cl)cc1.COc1ccc2c(c1)c(C(=O)C(=O)Nc1nc(-c3ccccn3)co1)c(C)n2Cc1ccc(Cl)cc1. The third kappa shape index (κ3) is 10.5. The van der Waals surface area contributed by atoms with Gasteiger partial charge in [0, 0.05) is 68.6 Å². The first-order valence-corrected chi connectivity index (χ1v) is 22.6. The van der Waals surface area contributed by atoms with Crippen LogP contribution in [-0.2, 0) is 22.7 Å². The Balaban J connectivity index is 0.000000176. The Labute approximate surface area is 415 Å².